The maximum absolute atomic E-state index is 12.0. The molecule has 0 aliphatic rings. The van der Waals surface area contributed by atoms with Crippen LogP contribution >= 0.6 is 11.3 Å². The Morgan fingerprint density at radius 2 is 1.94 bits per heavy atom. The number of anilines is 1. The van der Waals surface area contributed by atoms with Crippen LogP contribution in [0, 0.1) is 6.92 Å². The summed E-state index contributed by atoms with van der Waals surface area (Å²) in [6, 6.07) is 6.25. The summed E-state index contributed by atoms with van der Waals surface area (Å²) >= 11 is 1.39. The van der Waals surface area contributed by atoms with Gasteiger partial charge in [0, 0.05) is 5.56 Å². The third-order valence-electron chi connectivity index (χ3n) is 2.11. The van der Waals surface area contributed by atoms with Crippen LogP contribution in [0.4, 0.5) is 13.8 Å². The van der Waals surface area contributed by atoms with Crippen molar-refractivity contribution in [3.05, 3.63) is 29.3 Å². The minimum atomic E-state index is -2.81. The number of alkyl halides is 2. The Morgan fingerprint density at radius 1 is 1.29 bits per heavy atom. The van der Waals surface area contributed by atoms with Gasteiger partial charge in [-0.25, -0.2) is 4.98 Å². The molecule has 0 radical (unpaired) electrons. The Hall–Kier alpha value is -1.69. The van der Waals surface area contributed by atoms with Crippen LogP contribution in [0.3, 0.4) is 0 Å². The molecule has 6 heteroatoms. The number of hydrogen-bond acceptors (Lipinski definition) is 4. The van der Waals surface area contributed by atoms with Crippen molar-refractivity contribution in [3.63, 3.8) is 0 Å². The number of nitrogens with two attached hydrogens (primary N) is 1. The summed E-state index contributed by atoms with van der Waals surface area (Å²) in [6.07, 6.45) is 0. The number of thiazole rings is 1. The van der Waals surface area contributed by atoms with E-state index in [1.165, 1.54) is 23.5 Å². The molecule has 2 N–H and O–H groups in total. The Kier molecular flexibility index (Phi) is 3.23. The average Bonchev–Trinajstić information content (AvgIpc) is 2.58. The molecule has 1 aromatic heterocycles. The minimum Gasteiger partial charge on any atom is -0.435 e. The third-order valence-corrected chi connectivity index (χ3v) is 2.91. The van der Waals surface area contributed by atoms with Crippen LogP contribution in [-0.2, 0) is 0 Å². The van der Waals surface area contributed by atoms with E-state index < -0.39 is 6.61 Å². The van der Waals surface area contributed by atoms with E-state index >= 15 is 0 Å². The average molecular weight is 256 g/mol. The largest absolute Gasteiger partial charge is 0.435 e. The van der Waals surface area contributed by atoms with Gasteiger partial charge in [-0.2, -0.15) is 8.78 Å². The lowest BCUT2D eigenvalue weighted by Gasteiger charge is -2.04. The summed E-state index contributed by atoms with van der Waals surface area (Å²) in [5, 5.41) is 1.48. The van der Waals surface area contributed by atoms with Crippen molar-refractivity contribution in [2.75, 3.05) is 5.73 Å². The van der Waals surface area contributed by atoms with Gasteiger partial charge in [0.05, 0.1) is 5.01 Å². The fraction of sp³-hybridized carbons (Fsp3) is 0.182. The van der Waals surface area contributed by atoms with Crippen molar-refractivity contribution in [2.24, 2.45) is 0 Å². The predicted octanol–water partition coefficient (Wildman–Crippen LogP) is 3.30. The zero-order valence-electron chi connectivity index (χ0n) is 8.98. The number of nitrogens with zero attached hydrogens (tertiary/aromatic N) is 1. The molecule has 1 heterocycles. The molecule has 0 fully saturated rings. The van der Waals surface area contributed by atoms with Gasteiger partial charge in [-0.1, -0.05) is 0 Å². The Morgan fingerprint density at radius 3 is 2.41 bits per heavy atom. The highest BCUT2D eigenvalue weighted by atomic mass is 32.1. The van der Waals surface area contributed by atoms with Crippen LogP contribution in [0.2, 0.25) is 0 Å². The van der Waals surface area contributed by atoms with E-state index in [9.17, 15) is 8.78 Å². The number of aryl methyl sites for hydroxylation is 1. The zero-order chi connectivity index (χ0) is 12.4. The number of halogens is 2. The molecule has 0 aliphatic heterocycles. The minimum absolute atomic E-state index is 0.120. The summed E-state index contributed by atoms with van der Waals surface area (Å²) < 4.78 is 28.2. The number of rotatable bonds is 3. The summed E-state index contributed by atoms with van der Waals surface area (Å²) in [4.78, 5) is 4.28. The number of benzene rings is 1. The second-order valence-electron chi connectivity index (χ2n) is 3.35. The first-order valence-corrected chi connectivity index (χ1v) is 5.66. The molecule has 0 saturated carbocycles. The smallest absolute Gasteiger partial charge is 0.387 e. The molecule has 2 aromatic rings. The Bertz CT molecular complexity index is 511. The number of ether oxygens (including phenoxy) is 1. The van der Waals surface area contributed by atoms with E-state index in [1.807, 2.05) is 6.92 Å². The van der Waals surface area contributed by atoms with E-state index in [-0.39, 0.29) is 5.75 Å². The second kappa shape index (κ2) is 4.67. The maximum Gasteiger partial charge on any atom is 0.387 e. The monoisotopic (exact) mass is 256 g/mol. The van der Waals surface area contributed by atoms with Crippen LogP contribution in [-0.4, -0.2) is 11.6 Å². The molecule has 17 heavy (non-hydrogen) atoms. The zero-order valence-corrected chi connectivity index (χ0v) is 9.80. The third kappa shape index (κ3) is 2.71. The topological polar surface area (TPSA) is 48.1 Å². The Labute approximate surface area is 101 Å². The molecule has 0 unspecified atom stereocenters. The molecule has 0 saturated heterocycles. The molecule has 0 spiro atoms. The summed E-state index contributed by atoms with van der Waals surface area (Å²) in [6.45, 7) is -0.953. The highest BCUT2D eigenvalue weighted by Crippen LogP contribution is 2.31. The lowest BCUT2D eigenvalue weighted by atomic mass is 10.1. The van der Waals surface area contributed by atoms with Crippen LogP contribution < -0.4 is 10.5 Å². The van der Waals surface area contributed by atoms with Crippen LogP contribution in [0.25, 0.3) is 11.3 Å². The van der Waals surface area contributed by atoms with Crippen molar-refractivity contribution in [1.29, 1.82) is 0 Å². The van der Waals surface area contributed by atoms with Crippen molar-refractivity contribution >= 4 is 16.3 Å². The normalized spacial score (nSPS) is 10.8. The predicted molar refractivity (Wildman–Crippen MR) is 63.3 cm³/mol. The highest BCUT2D eigenvalue weighted by Gasteiger charge is 2.09. The first-order chi connectivity index (χ1) is 8.06. The summed E-state index contributed by atoms with van der Waals surface area (Å²) in [5.41, 5.74) is 7.26. The lowest BCUT2D eigenvalue weighted by Crippen LogP contribution is -2.01. The van der Waals surface area contributed by atoms with Gasteiger partial charge in [0.1, 0.15) is 16.4 Å². The maximum atomic E-state index is 12.0. The van der Waals surface area contributed by atoms with Gasteiger partial charge in [0.2, 0.25) is 0 Å². The molecular formula is C11H10F2N2OS. The first kappa shape index (κ1) is 11.8. The highest BCUT2D eigenvalue weighted by molar-refractivity contribution is 7.16. The molecule has 3 nitrogen and oxygen atoms in total. The SMILES string of the molecule is Cc1nc(-c2ccc(OC(F)F)cc2)c(N)s1. The standard InChI is InChI=1S/C11H10F2N2OS/c1-6-15-9(10(14)17-6)7-2-4-8(5-3-7)16-11(12)13/h2-5,11H,14H2,1H3. The van der Waals surface area contributed by atoms with E-state index in [1.54, 1.807) is 12.1 Å². The van der Waals surface area contributed by atoms with Gasteiger partial charge in [-0.15, -0.1) is 11.3 Å². The molecule has 0 amide bonds. The van der Waals surface area contributed by atoms with Crippen molar-refractivity contribution < 1.29 is 13.5 Å². The first-order valence-electron chi connectivity index (χ1n) is 4.84. The molecule has 0 aliphatic carbocycles. The van der Waals surface area contributed by atoms with Crippen molar-refractivity contribution in [2.45, 2.75) is 13.5 Å². The van der Waals surface area contributed by atoms with Crippen LogP contribution in [0.1, 0.15) is 5.01 Å². The van der Waals surface area contributed by atoms with Gasteiger partial charge in [0.25, 0.3) is 0 Å². The quantitative estimate of drug-likeness (QED) is 0.916. The molecule has 90 valence electrons. The summed E-state index contributed by atoms with van der Waals surface area (Å²) in [7, 11) is 0. The number of hydrogen-bond donors (Lipinski definition) is 1. The van der Waals surface area contributed by atoms with Gasteiger partial charge >= 0.3 is 6.61 Å². The second-order valence-corrected chi connectivity index (χ2v) is 4.58. The van der Waals surface area contributed by atoms with E-state index in [4.69, 9.17) is 5.73 Å². The molecule has 1 aromatic carbocycles. The van der Waals surface area contributed by atoms with E-state index in [2.05, 4.69) is 9.72 Å². The lowest BCUT2D eigenvalue weighted by molar-refractivity contribution is -0.0498. The van der Waals surface area contributed by atoms with Crippen LogP contribution in [0.5, 0.6) is 5.75 Å². The van der Waals surface area contributed by atoms with Gasteiger partial charge in [-0.3, -0.25) is 0 Å². The van der Waals surface area contributed by atoms with E-state index in [0.717, 1.165) is 10.6 Å². The van der Waals surface area contributed by atoms with Gasteiger partial charge < -0.3 is 10.5 Å². The number of nitrogen functional groups attached to an aromatic ring is 1. The van der Waals surface area contributed by atoms with Crippen LogP contribution in [0.15, 0.2) is 24.3 Å². The summed E-state index contributed by atoms with van der Waals surface area (Å²) in [5.74, 6) is 0.120. The fourth-order valence-electron chi connectivity index (χ4n) is 1.44. The van der Waals surface area contributed by atoms with Gasteiger partial charge in [-0.05, 0) is 31.2 Å². The van der Waals surface area contributed by atoms with Crippen molar-refractivity contribution in [3.8, 4) is 17.0 Å². The number of aromatic nitrogens is 1. The fourth-order valence-corrected chi connectivity index (χ4v) is 2.16. The van der Waals surface area contributed by atoms with Crippen molar-refractivity contribution in [1.82, 2.24) is 4.98 Å². The molecule has 2 rings (SSSR count). The molecule has 0 atom stereocenters. The molecule has 0 bridgehead atoms. The molecular weight excluding hydrogens is 246 g/mol. The Balaban J connectivity index is 2.26. The van der Waals surface area contributed by atoms with Gasteiger partial charge in [0.15, 0.2) is 0 Å². The van der Waals surface area contributed by atoms with E-state index in [0.29, 0.717) is 10.7 Å².